The average Bonchev–Trinajstić information content (AvgIpc) is 3.48. The lowest BCUT2D eigenvalue weighted by Crippen LogP contribution is -2.28. The van der Waals surface area contributed by atoms with Crippen molar-refractivity contribution in [3.8, 4) is 0 Å². The van der Waals surface area contributed by atoms with Gasteiger partial charge in [-0.2, -0.15) is 5.10 Å². The zero-order chi connectivity index (χ0) is 22.5. The second kappa shape index (κ2) is 9.36. The van der Waals surface area contributed by atoms with Crippen LogP contribution in [0.15, 0.2) is 108 Å². The molecule has 1 aliphatic rings. The van der Waals surface area contributed by atoms with Crippen LogP contribution < -0.4 is 5.32 Å². The fourth-order valence-electron chi connectivity index (χ4n) is 3.86. The van der Waals surface area contributed by atoms with E-state index in [-0.39, 0.29) is 18.4 Å². The smallest absolute Gasteiger partial charge is 0.261 e. The van der Waals surface area contributed by atoms with E-state index in [2.05, 4.69) is 20.5 Å². The lowest BCUT2D eigenvalue weighted by molar-refractivity contribution is -0.122. The van der Waals surface area contributed by atoms with Gasteiger partial charge in [0.15, 0.2) is 6.61 Å². The van der Waals surface area contributed by atoms with Gasteiger partial charge in [-0.25, -0.2) is 0 Å². The number of rotatable bonds is 6. The molecule has 0 saturated heterocycles. The van der Waals surface area contributed by atoms with E-state index in [4.69, 9.17) is 4.74 Å². The summed E-state index contributed by atoms with van der Waals surface area (Å²) in [5.74, 6) is -0.118. The first-order chi connectivity index (χ1) is 16.3. The fourth-order valence-corrected chi connectivity index (χ4v) is 3.86. The van der Waals surface area contributed by atoms with Crippen molar-refractivity contribution in [3.63, 3.8) is 0 Å². The summed E-state index contributed by atoms with van der Waals surface area (Å²) in [5, 5.41) is 12.5. The van der Waals surface area contributed by atoms with Gasteiger partial charge in [-0.1, -0.05) is 78.9 Å². The van der Waals surface area contributed by atoms with Crippen LogP contribution in [0.1, 0.15) is 22.6 Å². The molecule has 5 rings (SSSR count). The first-order valence-corrected chi connectivity index (χ1v) is 10.7. The number of amides is 1. The van der Waals surface area contributed by atoms with Crippen molar-refractivity contribution in [1.29, 1.82) is 0 Å². The van der Waals surface area contributed by atoms with Gasteiger partial charge >= 0.3 is 0 Å². The Labute approximate surface area is 191 Å². The summed E-state index contributed by atoms with van der Waals surface area (Å²) in [7, 11) is 0. The maximum atomic E-state index is 12.4. The maximum absolute atomic E-state index is 12.4. The van der Waals surface area contributed by atoms with Gasteiger partial charge in [0.1, 0.15) is 5.92 Å². The Hall–Kier alpha value is -4.45. The Morgan fingerprint density at radius 2 is 1.67 bits per heavy atom. The van der Waals surface area contributed by atoms with Crippen molar-refractivity contribution in [3.05, 3.63) is 114 Å². The van der Waals surface area contributed by atoms with Gasteiger partial charge in [-0.3, -0.25) is 4.79 Å². The highest BCUT2D eigenvalue weighted by Crippen LogP contribution is 2.28. The van der Waals surface area contributed by atoms with E-state index in [0.717, 1.165) is 33.3 Å². The molecule has 1 unspecified atom stereocenters. The molecule has 0 radical (unpaired) electrons. The number of fused-ring (bicyclic) bond motifs is 1. The standard InChI is InChI=1S/C27H22N4O2/c32-24(28-16-15-21-17-29-23-14-8-7-13-22(21)23)18-33-27-25(19-9-3-1-4-10-19)26(30-31-27)20-11-5-2-6-12-20/h1-17,25,29H,18H2,(H,28,32)/b16-15+. The summed E-state index contributed by atoms with van der Waals surface area (Å²) >= 11 is 0. The molecule has 0 fully saturated rings. The number of carbonyl (C=O) groups excluding carboxylic acids is 1. The molecule has 162 valence electrons. The van der Waals surface area contributed by atoms with Crippen molar-refractivity contribution in [1.82, 2.24) is 10.3 Å². The third-order valence-electron chi connectivity index (χ3n) is 5.46. The molecule has 1 atom stereocenters. The minimum absolute atomic E-state index is 0.155. The fraction of sp³-hybridized carbons (Fsp3) is 0.0741. The number of nitrogens with zero attached hydrogens (tertiary/aromatic N) is 2. The van der Waals surface area contributed by atoms with Crippen molar-refractivity contribution in [2.24, 2.45) is 10.2 Å². The Morgan fingerprint density at radius 1 is 0.939 bits per heavy atom. The number of hydrogen-bond donors (Lipinski definition) is 2. The third kappa shape index (κ3) is 4.45. The molecule has 0 aliphatic carbocycles. The van der Waals surface area contributed by atoms with Crippen LogP contribution in [0.25, 0.3) is 17.0 Å². The van der Waals surface area contributed by atoms with Crippen molar-refractivity contribution < 1.29 is 9.53 Å². The van der Waals surface area contributed by atoms with Crippen LogP contribution in [0.2, 0.25) is 0 Å². The van der Waals surface area contributed by atoms with E-state index in [1.165, 1.54) is 0 Å². The van der Waals surface area contributed by atoms with Gasteiger partial charge < -0.3 is 15.0 Å². The largest absolute Gasteiger partial charge is 0.469 e. The quantitative estimate of drug-likeness (QED) is 0.454. The minimum Gasteiger partial charge on any atom is -0.469 e. The van der Waals surface area contributed by atoms with Crippen LogP contribution in [-0.4, -0.2) is 29.1 Å². The van der Waals surface area contributed by atoms with Crippen molar-refractivity contribution in [2.75, 3.05) is 6.61 Å². The average molecular weight is 434 g/mol. The molecular weight excluding hydrogens is 412 g/mol. The van der Waals surface area contributed by atoms with Crippen LogP contribution in [0.3, 0.4) is 0 Å². The molecule has 33 heavy (non-hydrogen) atoms. The summed E-state index contributed by atoms with van der Waals surface area (Å²) in [6, 6.07) is 27.8. The number of nitrogens with one attached hydrogen (secondary N) is 2. The summed E-state index contributed by atoms with van der Waals surface area (Å²) in [6.07, 6.45) is 5.38. The molecule has 3 aromatic carbocycles. The molecule has 1 aromatic heterocycles. The number of para-hydroxylation sites is 1. The zero-order valence-electron chi connectivity index (χ0n) is 17.8. The topological polar surface area (TPSA) is 78.8 Å². The predicted molar refractivity (Wildman–Crippen MR) is 131 cm³/mol. The second-order valence-electron chi connectivity index (χ2n) is 7.61. The van der Waals surface area contributed by atoms with Gasteiger partial charge in [0.2, 0.25) is 5.90 Å². The normalized spacial score (nSPS) is 15.5. The lowest BCUT2D eigenvalue weighted by Gasteiger charge is -2.16. The molecule has 1 amide bonds. The van der Waals surface area contributed by atoms with E-state index in [1.807, 2.05) is 97.2 Å². The molecular formula is C27H22N4O2. The Morgan fingerprint density at radius 3 is 2.48 bits per heavy atom. The third-order valence-corrected chi connectivity index (χ3v) is 5.46. The second-order valence-corrected chi connectivity index (χ2v) is 7.61. The molecule has 4 aromatic rings. The van der Waals surface area contributed by atoms with Crippen LogP contribution in [0.4, 0.5) is 0 Å². The lowest BCUT2D eigenvalue weighted by atomic mass is 9.90. The first-order valence-electron chi connectivity index (χ1n) is 10.7. The van der Waals surface area contributed by atoms with E-state index in [1.54, 1.807) is 6.20 Å². The number of H-pyrrole nitrogens is 1. The van der Waals surface area contributed by atoms with Gasteiger partial charge in [-0.15, -0.1) is 5.10 Å². The SMILES string of the molecule is O=C(COC1=NN=C(c2ccccc2)C1c1ccccc1)N/C=C/c1c[nH]c2ccccc12. The summed E-state index contributed by atoms with van der Waals surface area (Å²) in [6.45, 7) is -0.155. The van der Waals surface area contributed by atoms with E-state index >= 15 is 0 Å². The van der Waals surface area contributed by atoms with Crippen LogP contribution in [-0.2, 0) is 9.53 Å². The number of aromatic nitrogens is 1. The number of ether oxygens (including phenoxy) is 1. The summed E-state index contributed by atoms with van der Waals surface area (Å²) in [4.78, 5) is 15.6. The van der Waals surface area contributed by atoms with Gasteiger partial charge in [0.25, 0.3) is 5.91 Å². The Kier molecular flexibility index (Phi) is 5.80. The molecule has 0 saturated carbocycles. The highest BCUT2D eigenvalue weighted by atomic mass is 16.5. The van der Waals surface area contributed by atoms with Crippen LogP contribution in [0.5, 0.6) is 0 Å². The van der Waals surface area contributed by atoms with Gasteiger partial charge in [-0.05, 0) is 23.3 Å². The molecule has 6 nitrogen and oxygen atoms in total. The Bertz CT molecular complexity index is 1350. The van der Waals surface area contributed by atoms with Crippen molar-refractivity contribution >= 4 is 34.5 Å². The van der Waals surface area contributed by atoms with Crippen LogP contribution in [0, 0.1) is 0 Å². The van der Waals surface area contributed by atoms with Crippen molar-refractivity contribution in [2.45, 2.75) is 5.92 Å². The monoisotopic (exact) mass is 434 g/mol. The van der Waals surface area contributed by atoms with Crippen LogP contribution >= 0.6 is 0 Å². The number of hydrogen-bond acceptors (Lipinski definition) is 4. The van der Waals surface area contributed by atoms with E-state index in [0.29, 0.717) is 5.90 Å². The highest BCUT2D eigenvalue weighted by molar-refractivity contribution is 6.19. The molecule has 0 bridgehead atoms. The first kappa shape index (κ1) is 20.5. The Balaban J connectivity index is 1.24. The molecule has 6 heteroatoms. The highest BCUT2D eigenvalue weighted by Gasteiger charge is 2.31. The molecule has 0 spiro atoms. The number of benzene rings is 3. The number of carbonyl (C=O) groups is 1. The zero-order valence-corrected chi connectivity index (χ0v) is 17.8. The van der Waals surface area contributed by atoms with Gasteiger partial charge in [0.05, 0.1) is 5.71 Å². The minimum atomic E-state index is -0.270. The van der Waals surface area contributed by atoms with E-state index < -0.39 is 0 Å². The molecule has 1 aliphatic heterocycles. The maximum Gasteiger partial charge on any atom is 0.261 e. The van der Waals surface area contributed by atoms with Gasteiger partial charge in [0, 0.05) is 28.9 Å². The molecule has 2 N–H and O–H groups in total. The predicted octanol–water partition coefficient (Wildman–Crippen LogP) is 4.87. The summed E-state index contributed by atoms with van der Waals surface area (Å²) < 4.78 is 5.82. The number of aromatic amines is 1. The molecule has 2 heterocycles. The van der Waals surface area contributed by atoms with E-state index in [9.17, 15) is 4.79 Å². The summed E-state index contributed by atoms with van der Waals surface area (Å²) in [5.41, 5.74) is 4.83.